The molecule has 5 nitrogen and oxygen atoms in total. The standard InChI is InChI=1S/C16H20N2O3S/c1-16(2,3)15-18-17-14(22-15)13-10(7-8-12(20)21)5-4-6-11(13)9-19/h4-6,19H,7-9H2,1-3H3,(H,20,21). The number of aryl methyl sites for hydroxylation is 1. The van der Waals surface area contributed by atoms with Crippen molar-refractivity contribution in [2.24, 2.45) is 0 Å². The molecular formula is C16H20N2O3S. The fourth-order valence-corrected chi connectivity index (χ4v) is 3.15. The van der Waals surface area contributed by atoms with Crippen LogP contribution in [-0.4, -0.2) is 26.4 Å². The summed E-state index contributed by atoms with van der Waals surface area (Å²) in [5.74, 6) is -0.840. The van der Waals surface area contributed by atoms with E-state index in [9.17, 15) is 9.90 Å². The number of nitrogens with zero attached hydrogens (tertiary/aromatic N) is 2. The van der Waals surface area contributed by atoms with Gasteiger partial charge in [-0.1, -0.05) is 50.3 Å². The van der Waals surface area contributed by atoms with Gasteiger partial charge in [0.2, 0.25) is 0 Å². The van der Waals surface area contributed by atoms with Crippen LogP contribution in [0.1, 0.15) is 43.3 Å². The second kappa shape index (κ2) is 6.54. The van der Waals surface area contributed by atoms with Crippen LogP contribution in [0.2, 0.25) is 0 Å². The Morgan fingerprint density at radius 3 is 2.45 bits per heavy atom. The van der Waals surface area contributed by atoms with E-state index in [2.05, 4.69) is 31.0 Å². The van der Waals surface area contributed by atoms with Crippen molar-refractivity contribution < 1.29 is 15.0 Å². The number of carboxylic acids is 1. The summed E-state index contributed by atoms with van der Waals surface area (Å²) in [5.41, 5.74) is 2.36. The highest BCUT2D eigenvalue weighted by Gasteiger charge is 2.22. The predicted octanol–water partition coefficient (Wildman–Crippen LogP) is 3.01. The molecule has 0 aliphatic heterocycles. The Hall–Kier alpha value is -1.79. The molecule has 6 heteroatoms. The normalized spacial score (nSPS) is 11.6. The Bertz CT molecular complexity index is 674. The Morgan fingerprint density at radius 1 is 1.23 bits per heavy atom. The first kappa shape index (κ1) is 16.6. The van der Waals surface area contributed by atoms with E-state index >= 15 is 0 Å². The van der Waals surface area contributed by atoms with Gasteiger partial charge in [0.15, 0.2) is 0 Å². The lowest BCUT2D eigenvalue weighted by atomic mass is 9.98. The lowest BCUT2D eigenvalue weighted by molar-refractivity contribution is -0.136. The van der Waals surface area contributed by atoms with Gasteiger partial charge in [0.05, 0.1) is 6.61 Å². The number of carbonyl (C=O) groups is 1. The van der Waals surface area contributed by atoms with Gasteiger partial charge >= 0.3 is 5.97 Å². The number of rotatable bonds is 5. The maximum absolute atomic E-state index is 10.8. The fourth-order valence-electron chi connectivity index (χ4n) is 2.14. The molecule has 0 unspecified atom stereocenters. The van der Waals surface area contributed by atoms with Gasteiger partial charge in [0.25, 0.3) is 0 Å². The minimum atomic E-state index is -0.840. The maximum atomic E-state index is 10.8. The zero-order chi connectivity index (χ0) is 16.3. The summed E-state index contributed by atoms with van der Waals surface area (Å²) in [6.07, 6.45) is 0.454. The first-order valence-corrected chi connectivity index (χ1v) is 7.92. The summed E-state index contributed by atoms with van der Waals surface area (Å²) >= 11 is 1.49. The van der Waals surface area contributed by atoms with Gasteiger partial charge in [-0.05, 0) is 17.5 Å². The number of benzene rings is 1. The molecule has 0 saturated carbocycles. The van der Waals surface area contributed by atoms with Crippen LogP contribution < -0.4 is 0 Å². The summed E-state index contributed by atoms with van der Waals surface area (Å²) in [6, 6.07) is 5.55. The van der Waals surface area contributed by atoms with Gasteiger partial charge in [-0.25, -0.2) is 0 Å². The molecule has 1 heterocycles. The van der Waals surface area contributed by atoms with E-state index < -0.39 is 5.97 Å². The van der Waals surface area contributed by atoms with Crippen molar-refractivity contribution in [3.05, 3.63) is 34.3 Å². The van der Waals surface area contributed by atoms with Crippen LogP contribution in [-0.2, 0) is 23.2 Å². The molecule has 0 atom stereocenters. The van der Waals surface area contributed by atoms with Crippen LogP contribution in [0.5, 0.6) is 0 Å². The number of aliphatic hydroxyl groups excluding tert-OH is 1. The Morgan fingerprint density at radius 2 is 1.91 bits per heavy atom. The summed E-state index contributed by atoms with van der Waals surface area (Å²) in [4.78, 5) is 10.8. The van der Waals surface area contributed by atoms with Crippen LogP contribution in [0.15, 0.2) is 18.2 Å². The highest BCUT2D eigenvalue weighted by atomic mass is 32.1. The van der Waals surface area contributed by atoms with E-state index in [0.29, 0.717) is 6.42 Å². The molecule has 0 bridgehead atoms. The molecule has 0 amide bonds. The van der Waals surface area contributed by atoms with Gasteiger partial charge in [-0.2, -0.15) is 0 Å². The highest BCUT2D eigenvalue weighted by Crippen LogP contribution is 2.35. The molecule has 0 aliphatic carbocycles. The summed E-state index contributed by atoms with van der Waals surface area (Å²) in [7, 11) is 0. The lowest BCUT2D eigenvalue weighted by Gasteiger charge is -2.13. The van der Waals surface area contributed by atoms with E-state index in [0.717, 1.165) is 26.7 Å². The molecule has 1 aromatic carbocycles. The molecule has 0 aliphatic rings. The quantitative estimate of drug-likeness (QED) is 0.885. The molecule has 22 heavy (non-hydrogen) atoms. The first-order valence-electron chi connectivity index (χ1n) is 7.10. The third-order valence-electron chi connectivity index (χ3n) is 3.30. The van der Waals surface area contributed by atoms with Crippen LogP contribution in [0.25, 0.3) is 10.6 Å². The number of aliphatic hydroxyl groups is 1. The Kier molecular flexibility index (Phi) is 4.93. The number of aliphatic carboxylic acids is 1. The monoisotopic (exact) mass is 320 g/mol. The average molecular weight is 320 g/mol. The first-order chi connectivity index (χ1) is 10.3. The zero-order valence-corrected chi connectivity index (χ0v) is 13.8. The minimum absolute atomic E-state index is 0.0484. The largest absolute Gasteiger partial charge is 0.481 e. The lowest BCUT2D eigenvalue weighted by Crippen LogP contribution is -2.10. The van der Waals surface area contributed by atoms with Crippen molar-refractivity contribution in [3.8, 4) is 10.6 Å². The smallest absolute Gasteiger partial charge is 0.303 e. The van der Waals surface area contributed by atoms with Gasteiger partial charge in [0, 0.05) is 17.4 Å². The molecule has 2 N–H and O–H groups in total. The summed E-state index contributed by atoms with van der Waals surface area (Å²) in [6.45, 7) is 6.10. The van der Waals surface area contributed by atoms with Crippen molar-refractivity contribution in [2.75, 3.05) is 0 Å². The molecule has 0 saturated heterocycles. The third kappa shape index (κ3) is 3.69. The molecule has 2 aromatic rings. The van der Waals surface area contributed by atoms with Crippen LogP contribution in [0.4, 0.5) is 0 Å². The SMILES string of the molecule is CC(C)(C)c1nnc(-c2c(CO)cccc2CCC(=O)O)s1. The number of aromatic nitrogens is 2. The van der Waals surface area contributed by atoms with Crippen LogP contribution in [0.3, 0.4) is 0 Å². The van der Waals surface area contributed by atoms with Gasteiger partial charge < -0.3 is 10.2 Å². The molecule has 0 radical (unpaired) electrons. The Labute approximate surface area is 133 Å². The van der Waals surface area contributed by atoms with Gasteiger partial charge in [-0.3, -0.25) is 4.79 Å². The fraction of sp³-hybridized carbons (Fsp3) is 0.438. The van der Waals surface area contributed by atoms with E-state index in [1.807, 2.05) is 18.2 Å². The minimum Gasteiger partial charge on any atom is -0.481 e. The van der Waals surface area contributed by atoms with E-state index in [-0.39, 0.29) is 18.4 Å². The van der Waals surface area contributed by atoms with Gasteiger partial charge in [-0.15, -0.1) is 10.2 Å². The van der Waals surface area contributed by atoms with Gasteiger partial charge in [0.1, 0.15) is 10.0 Å². The van der Waals surface area contributed by atoms with Crippen molar-refractivity contribution in [2.45, 2.75) is 45.6 Å². The number of hydrogen-bond acceptors (Lipinski definition) is 5. The van der Waals surface area contributed by atoms with Crippen molar-refractivity contribution in [3.63, 3.8) is 0 Å². The van der Waals surface area contributed by atoms with Crippen molar-refractivity contribution in [1.82, 2.24) is 10.2 Å². The maximum Gasteiger partial charge on any atom is 0.303 e. The average Bonchev–Trinajstić information content (AvgIpc) is 2.94. The van der Waals surface area contributed by atoms with Crippen molar-refractivity contribution >= 4 is 17.3 Å². The second-order valence-corrected chi connectivity index (χ2v) is 7.14. The van der Waals surface area contributed by atoms with E-state index in [1.54, 1.807) is 0 Å². The molecule has 2 rings (SSSR count). The van der Waals surface area contributed by atoms with Crippen LogP contribution in [0, 0.1) is 0 Å². The predicted molar refractivity (Wildman–Crippen MR) is 85.9 cm³/mol. The molecule has 0 spiro atoms. The van der Waals surface area contributed by atoms with Crippen LogP contribution >= 0.6 is 11.3 Å². The summed E-state index contributed by atoms with van der Waals surface area (Å²) < 4.78 is 0. The third-order valence-corrected chi connectivity index (χ3v) is 4.66. The molecule has 118 valence electrons. The Balaban J connectivity index is 2.47. The topological polar surface area (TPSA) is 83.3 Å². The van der Waals surface area contributed by atoms with E-state index in [1.165, 1.54) is 11.3 Å². The molecule has 0 fully saturated rings. The summed E-state index contributed by atoms with van der Waals surface area (Å²) in [5, 5.41) is 28.6. The highest BCUT2D eigenvalue weighted by molar-refractivity contribution is 7.14. The number of hydrogen-bond donors (Lipinski definition) is 2. The van der Waals surface area contributed by atoms with E-state index in [4.69, 9.17) is 5.11 Å². The molecule has 1 aromatic heterocycles. The number of carboxylic acid groups (broad SMARTS) is 1. The second-order valence-electron chi connectivity index (χ2n) is 6.17. The van der Waals surface area contributed by atoms with Crippen molar-refractivity contribution in [1.29, 1.82) is 0 Å². The zero-order valence-electron chi connectivity index (χ0n) is 13.0. The molecular weight excluding hydrogens is 300 g/mol.